The number of nitrogens with zero attached hydrogens (tertiary/aromatic N) is 1. The van der Waals surface area contributed by atoms with Gasteiger partial charge < -0.3 is 5.32 Å². The third-order valence-corrected chi connectivity index (χ3v) is 6.76. The number of hydrogen-bond acceptors (Lipinski definition) is 5. The molecule has 0 unspecified atom stereocenters. The van der Waals surface area contributed by atoms with E-state index >= 15 is 0 Å². The first-order valence-electron chi connectivity index (χ1n) is 7.21. The Balaban J connectivity index is 2.10. The first-order chi connectivity index (χ1) is 9.97. The van der Waals surface area contributed by atoms with E-state index in [2.05, 4.69) is 26.5 Å². The molecule has 1 fully saturated rings. The van der Waals surface area contributed by atoms with Crippen LogP contribution >= 0.6 is 11.8 Å². The van der Waals surface area contributed by atoms with Gasteiger partial charge >= 0.3 is 0 Å². The number of H-pyrrole nitrogens is 1. The molecular weight excluding hydrogens is 308 g/mol. The quantitative estimate of drug-likeness (QED) is 0.733. The smallest absolute Gasteiger partial charge is 0.244 e. The lowest BCUT2D eigenvalue weighted by atomic mass is 9.96. The summed E-state index contributed by atoms with van der Waals surface area (Å²) >= 11 is 1.87. The van der Waals surface area contributed by atoms with Crippen molar-refractivity contribution in [2.75, 3.05) is 13.3 Å². The SMILES string of the molecule is CNCc1n[nH]c(C)c1S(=O)(=O)NC1CCC(SC)CC1. The molecule has 0 aromatic carbocycles. The van der Waals surface area contributed by atoms with Crippen molar-refractivity contribution in [2.24, 2.45) is 0 Å². The fourth-order valence-electron chi connectivity index (χ4n) is 2.81. The summed E-state index contributed by atoms with van der Waals surface area (Å²) in [6.45, 7) is 2.17. The molecule has 8 heteroatoms. The number of sulfonamides is 1. The van der Waals surface area contributed by atoms with Crippen LogP contribution in [0, 0.1) is 6.92 Å². The van der Waals surface area contributed by atoms with E-state index in [-0.39, 0.29) is 6.04 Å². The van der Waals surface area contributed by atoms with E-state index in [0.717, 1.165) is 25.7 Å². The Bertz CT molecular complexity index is 563. The van der Waals surface area contributed by atoms with Gasteiger partial charge in [0, 0.05) is 17.8 Å². The van der Waals surface area contributed by atoms with Crippen LogP contribution in [0.2, 0.25) is 0 Å². The maximum Gasteiger partial charge on any atom is 0.244 e. The van der Waals surface area contributed by atoms with E-state index in [1.807, 2.05) is 11.8 Å². The monoisotopic (exact) mass is 332 g/mol. The van der Waals surface area contributed by atoms with E-state index in [9.17, 15) is 8.42 Å². The Hall–Kier alpha value is -0.570. The minimum absolute atomic E-state index is 0.0372. The van der Waals surface area contributed by atoms with Gasteiger partial charge in [-0.05, 0) is 45.9 Å². The van der Waals surface area contributed by atoms with Crippen LogP contribution in [-0.2, 0) is 16.6 Å². The van der Waals surface area contributed by atoms with Crippen molar-refractivity contribution in [2.45, 2.75) is 55.3 Å². The minimum atomic E-state index is -3.51. The van der Waals surface area contributed by atoms with Crippen molar-refractivity contribution < 1.29 is 8.42 Å². The molecule has 1 aliphatic carbocycles. The molecule has 2 rings (SSSR count). The number of aryl methyl sites for hydroxylation is 1. The Morgan fingerprint density at radius 3 is 2.57 bits per heavy atom. The van der Waals surface area contributed by atoms with Gasteiger partial charge in [-0.3, -0.25) is 5.10 Å². The molecule has 0 radical (unpaired) electrons. The average Bonchev–Trinajstić information content (AvgIpc) is 2.81. The Morgan fingerprint density at radius 2 is 2.00 bits per heavy atom. The second-order valence-electron chi connectivity index (χ2n) is 5.49. The largest absolute Gasteiger partial charge is 0.314 e. The normalized spacial score (nSPS) is 23.4. The standard InChI is InChI=1S/C13H24N4O2S2/c1-9-13(12(8-14-2)16-15-9)21(18,19)17-10-4-6-11(20-3)7-5-10/h10-11,14,17H,4-8H2,1-3H3,(H,15,16). The molecule has 0 amide bonds. The zero-order valence-corrected chi connectivity index (χ0v) is 14.4. The molecule has 1 saturated carbocycles. The number of aromatic nitrogens is 2. The lowest BCUT2D eigenvalue weighted by molar-refractivity contribution is 0.419. The van der Waals surface area contributed by atoms with E-state index < -0.39 is 10.0 Å². The third-order valence-electron chi connectivity index (χ3n) is 3.90. The molecule has 0 spiro atoms. The lowest BCUT2D eigenvalue weighted by Gasteiger charge is -2.27. The number of aromatic amines is 1. The molecule has 0 bridgehead atoms. The van der Waals surface area contributed by atoms with Crippen LogP contribution in [0.3, 0.4) is 0 Å². The van der Waals surface area contributed by atoms with Gasteiger partial charge in [0.2, 0.25) is 10.0 Å². The second-order valence-corrected chi connectivity index (χ2v) is 8.27. The second kappa shape index (κ2) is 7.13. The molecule has 1 aliphatic rings. The van der Waals surface area contributed by atoms with Crippen LogP contribution in [0.25, 0.3) is 0 Å². The van der Waals surface area contributed by atoms with Crippen molar-refractivity contribution in [1.29, 1.82) is 0 Å². The van der Waals surface area contributed by atoms with Gasteiger partial charge in [-0.25, -0.2) is 13.1 Å². The van der Waals surface area contributed by atoms with Crippen molar-refractivity contribution >= 4 is 21.8 Å². The number of nitrogens with one attached hydrogen (secondary N) is 3. The predicted octanol–water partition coefficient (Wildman–Crippen LogP) is 1.39. The summed E-state index contributed by atoms with van der Waals surface area (Å²) in [6, 6.07) is 0.0372. The van der Waals surface area contributed by atoms with Crippen LogP contribution in [0.4, 0.5) is 0 Å². The third kappa shape index (κ3) is 4.00. The summed E-state index contributed by atoms with van der Waals surface area (Å²) in [7, 11) is -1.74. The molecule has 1 heterocycles. The molecule has 120 valence electrons. The average molecular weight is 332 g/mol. The molecule has 1 aromatic rings. The molecule has 0 aliphatic heterocycles. The van der Waals surface area contributed by atoms with E-state index in [1.165, 1.54) is 0 Å². The van der Waals surface area contributed by atoms with Crippen molar-refractivity contribution in [3.8, 4) is 0 Å². The maximum atomic E-state index is 12.6. The van der Waals surface area contributed by atoms with E-state index in [0.29, 0.717) is 28.1 Å². The zero-order chi connectivity index (χ0) is 15.5. The summed E-state index contributed by atoms with van der Waals surface area (Å²) in [5.74, 6) is 0. The van der Waals surface area contributed by atoms with Crippen LogP contribution in [0.1, 0.15) is 37.1 Å². The summed E-state index contributed by atoms with van der Waals surface area (Å²) in [4.78, 5) is 0.295. The Kier molecular flexibility index (Phi) is 5.70. The molecule has 1 aromatic heterocycles. The molecular formula is C13H24N4O2S2. The molecule has 0 atom stereocenters. The van der Waals surface area contributed by atoms with Gasteiger partial charge in [0.25, 0.3) is 0 Å². The van der Waals surface area contributed by atoms with Crippen LogP contribution < -0.4 is 10.0 Å². The lowest BCUT2D eigenvalue weighted by Crippen LogP contribution is -2.38. The van der Waals surface area contributed by atoms with Gasteiger partial charge in [-0.15, -0.1) is 0 Å². The first kappa shape index (κ1) is 16.8. The number of thioether (sulfide) groups is 1. The van der Waals surface area contributed by atoms with Crippen molar-refractivity contribution in [3.63, 3.8) is 0 Å². The molecule has 0 saturated heterocycles. The maximum absolute atomic E-state index is 12.6. The summed E-state index contributed by atoms with van der Waals surface area (Å²) in [5, 5.41) is 10.5. The highest BCUT2D eigenvalue weighted by Crippen LogP contribution is 2.28. The van der Waals surface area contributed by atoms with E-state index in [4.69, 9.17) is 0 Å². The van der Waals surface area contributed by atoms with Crippen LogP contribution in [0.5, 0.6) is 0 Å². The van der Waals surface area contributed by atoms with Gasteiger partial charge in [-0.2, -0.15) is 16.9 Å². The summed E-state index contributed by atoms with van der Waals surface area (Å²) in [6.07, 6.45) is 6.07. The summed E-state index contributed by atoms with van der Waals surface area (Å²) < 4.78 is 28.1. The van der Waals surface area contributed by atoms with E-state index in [1.54, 1.807) is 14.0 Å². The first-order valence-corrected chi connectivity index (χ1v) is 9.98. The highest BCUT2D eigenvalue weighted by Gasteiger charge is 2.29. The summed E-state index contributed by atoms with van der Waals surface area (Å²) in [5.41, 5.74) is 1.13. The van der Waals surface area contributed by atoms with Gasteiger partial charge in [-0.1, -0.05) is 0 Å². The van der Waals surface area contributed by atoms with Crippen molar-refractivity contribution in [3.05, 3.63) is 11.4 Å². The van der Waals surface area contributed by atoms with Crippen LogP contribution in [0.15, 0.2) is 4.90 Å². The van der Waals surface area contributed by atoms with Crippen molar-refractivity contribution in [1.82, 2.24) is 20.2 Å². The highest BCUT2D eigenvalue weighted by molar-refractivity contribution is 7.99. The number of rotatable bonds is 6. The Morgan fingerprint density at radius 1 is 1.33 bits per heavy atom. The Labute approximate surface area is 130 Å². The molecule has 3 N–H and O–H groups in total. The predicted molar refractivity (Wildman–Crippen MR) is 86.0 cm³/mol. The fraction of sp³-hybridized carbons (Fsp3) is 0.769. The van der Waals surface area contributed by atoms with Gasteiger partial charge in [0.05, 0.1) is 11.4 Å². The zero-order valence-electron chi connectivity index (χ0n) is 12.8. The minimum Gasteiger partial charge on any atom is -0.314 e. The van der Waals surface area contributed by atoms with Crippen LogP contribution in [-0.4, -0.2) is 43.2 Å². The fourth-order valence-corrected chi connectivity index (χ4v) is 5.22. The number of hydrogen-bond donors (Lipinski definition) is 3. The topological polar surface area (TPSA) is 86.9 Å². The molecule has 21 heavy (non-hydrogen) atoms. The molecule has 6 nitrogen and oxygen atoms in total. The van der Waals surface area contributed by atoms with Gasteiger partial charge in [0.1, 0.15) is 4.90 Å². The van der Waals surface area contributed by atoms with Gasteiger partial charge in [0.15, 0.2) is 0 Å². The highest BCUT2D eigenvalue weighted by atomic mass is 32.2.